The van der Waals surface area contributed by atoms with Gasteiger partial charge in [0.1, 0.15) is 5.75 Å². The maximum atomic E-state index is 6.78. The third-order valence-electron chi connectivity index (χ3n) is 4.49. The largest absolute Gasteiger partial charge is 0.496 e. The van der Waals surface area contributed by atoms with Crippen molar-refractivity contribution in [2.45, 2.75) is 5.66 Å². The number of aliphatic imine (C=N–C) groups is 1. The topological polar surface area (TPSA) is 98.5 Å². The molecule has 0 saturated carbocycles. The summed E-state index contributed by atoms with van der Waals surface area (Å²) in [6.45, 7) is 0. The average molecular weight is 345 g/mol. The average Bonchev–Trinajstić information content (AvgIpc) is 2.67. The van der Waals surface area contributed by atoms with E-state index in [2.05, 4.69) is 15.3 Å². The Labute approximate surface area is 151 Å². The first-order valence-electron chi connectivity index (χ1n) is 8.22. The van der Waals surface area contributed by atoms with Crippen LogP contribution >= 0.6 is 0 Å². The molecule has 6 heteroatoms. The van der Waals surface area contributed by atoms with Gasteiger partial charge in [0, 0.05) is 34.5 Å². The molecule has 1 unspecified atom stereocenters. The fourth-order valence-electron chi connectivity index (χ4n) is 3.23. The van der Waals surface area contributed by atoms with Gasteiger partial charge in [-0.15, -0.1) is 0 Å². The molecule has 0 fully saturated rings. The molecule has 6 nitrogen and oxygen atoms in total. The van der Waals surface area contributed by atoms with Crippen molar-refractivity contribution < 1.29 is 4.74 Å². The second-order valence-electron chi connectivity index (χ2n) is 6.08. The molecular weight excluding hydrogens is 326 g/mol. The molecule has 1 atom stereocenters. The molecule has 1 aliphatic heterocycles. The van der Waals surface area contributed by atoms with Crippen LogP contribution in [0.15, 0.2) is 72.0 Å². The quantitative estimate of drug-likeness (QED) is 0.677. The first-order valence-corrected chi connectivity index (χ1v) is 8.22. The number of aromatic nitrogens is 1. The van der Waals surface area contributed by atoms with Crippen LogP contribution < -0.4 is 21.5 Å². The second-order valence-corrected chi connectivity index (χ2v) is 6.08. The molecule has 4 rings (SSSR count). The summed E-state index contributed by atoms with van der Waals surface area (Å²) in [5, 5.41) is 3.98. The van der Waals surface area contributed by atoms with Crippen molar-refractivity contribution in [3.63, 3.8) is 0 Å². The Bertz CT molecular complexity index is 1040. The third kappa shape index (κ3) is 2.57. The number of benzene rings is 2. The Morgan fingerprint density at radius 1 is 1.08 bits per heavy atom. The van der Waals surface area contributed by atoms with E-state index in [1.165, 1.54) is 0 Å². The molecular formula is C20H19N5O. The zero-order valence-electron chi connectivity index (χ0n) is 14.3. The lowest BCUT2D eigenvalue weighted by Gasteiger charge is -2.33. The van der Waals surface area contributed by atoms with Crippen molar-refractivity contribution in [3.05, 3.63) is 78.1 Å². The normalized spacial score (nSPS) is 19.5. The highest BCUT2D eigenvalue weighted by molar-refractivity contribution is 5.90. The van der Waals surface area contributed by atoms with Gasteiger partial charge < -0.3 is 15.8 Å². The van der Waals surface area contributed by atoms with Crippen LogP contribution in [0.2, 0.25) is 0 Å². The Balaban J connectivity index is 1.90. The molecule has 2 heterocycles. The van der Waals surface area contributed by atoms with Crippen LogP contribution in [0.4, 0.5) is 0 Å². The van der Waals surface area contributed by atoms with Crippen molar-refractivity contribution in [2.24, 2.45) is 16.5 Å². The lowest BCUT2D eigenvalue weighted by molar-refractivity contribution is 0.399. The monoisotopic (exact) mass is 345 g/mol. The number of fused-ring (bicyclic) bond motifs is 1. The summed E-state index contributed by atoms with van der Waals surface area (Å²) < 4.78 is 5.50. The summed E-state index contributed by atoms with van der Waals surface area (Å²) in [5.74, 6) is 0.893. The molecule has 1 aromatic heterocycles. The number of ether oxygens (including phenoxy) is 1. The summed E-state index contributed by atoms with van der Waals surface area (Å²) in [6, 6.07) is 17.5. The first-order chi connectivity index (χ1) is 12.6. The van der Waals surface area contributed by atoms with Crippen molar-refractivity contribution in [3.8, 4) is 5.75 Å². The molecule has 2 aromatic carbocycles. The van der Waals surface area contributed by atoms with Crippen molar-refractivity contribution in [1.29, 1.82) is 0 Å². The predicted molar refractivity (Wildman–Crippen MR) is 103 cm³/mol. The Morgan fingerprint density at radius 2 is 1.85 bits per heavy atom. The van der Waals surface area contributed by atoms with E-state index in [1.807, 2.05) is 54.6 Å². The van der Waals surface area contributed by atoms with Gasteiger partial charge >= 0.3 is 0 Å². The molecule has 130 valence electrons. The van der Waals surface area contributed by atoms with Gasteiger partial charge in [0.05, 0.1) is 12.6 Å². The molecule has 0 radical (unpaired) electrons. The van der Waals surface area contributed by atoms with E-state index in [0.29, 0.717) is 5.75 Å². The first kappa shape index (κ1) is 16.1. The van der Waals surface area contributed by atoms with Gasteiger partial charge in [0.2, 0.25) is 0 Å². The van der Waals surface area contributed by atoms with E-state index in [-0.39, 0.29) is 5.96 Å². The number of nitrogens with zero attached hydrogens (tertiary/aromatic N) is 2. The van der Waals surface area contributed by atoms with Gasteiger partial charge in [-0.3, -0.25) is 10.7 Å². The molecule has 26 heavy (non-hydrogen) atoms. The number of methoxy groups -OCH3 is 1. The van der Waals surface area contributed by atoms with Crippen LogP contribution in [-0.4, -0.2) is 18.1 Å². The molecule has 0 spiro atoms. The summed E-state index contributed by atoms with van der Waals surface area (Å²) in [4.78, 5) is 9.06. The van der Waals surface area contributed by atoms with Gasteiger partial charge in [0.15, 0.2) is 11.6 Å². The minimum absolute atomic E-state index is 0.246. The highest BCUT2D eigenvalue weighted by atomic mass is 16.5. The van der Waals surface area contributed by atoms with Crippen LogP contribution in [0.3, 0.4) is 0 Å². The van der Waals surface area contributed by atoms with Gasteiger partial charge in [-0.25, -0.2) is 4.99 Å². The van der Waals surface area contributed by atoms with E-state index >= 15 is 0 Å². The number of pyridine rings is 1. The number of hydrogen-bond donors (Lipinski definition) is 3. The highest BCUT2D eigenvalue weighted by Crippen LogP contribution is 2.40. The van der Waals surface area contributed by atoms with Gasteiger partial charge in [-0.05, 0) is 18.2 Å². The van der Waals surface area contributed by atoms with Crippen LogP contribution in [0, 0.1) is 0 Å². The van der Waals surface area contributed by atoms with Crippen molar-refractivity contribution >= 4 is 22.4 Å². The summed E-state index contributed by atoms with van der Waals surface area (Å²) in [7, 11) is 1.61. The maximum absolute atomic E-state index is 6.78. The zero-order chi connectivity index (χ0) is 18.1. The van der Waals surface area contributed by atoms with E-state index in [1.54, 1.807) is 19.5 Å². The Kier molecular flexibility index (Phi) is 3.82. The number of hydrogen-bond acceptors (Lipinski definition) is 6. The highest BCUT2D eigenvalue weighted by Gasteiger charge is 2.37. The van der Waals surface area contributed by atoms with E-state index in [9.17, 15) is 0 Å². The lowest BCUT2D eigenvalue weighted by Crippen LogP contribution is -2.45. The van der Waals surface area contributed by atoms with Gasteiger partial charge in [-0.1, -0.05) is 36.4 Å². The summed E-state index contributed by atoms with van der Waals surface area (Å²) in [5.41, 5.74) is 14.8. The molecule has 0 aliphatic carbocycles. The molecule has 0 bridgehead atoms. The van der Waals surface area contributed by atoms with Crippen molar-refractivity contribution in [2.75, 3.05) is 7.11 Å². The van der Waals surface area contributed by atoms with Crippen LogP contribution in [-0.2, 0) is 5.66 Å². The lowest BCUT2D eigenvalue weighted by atomic mass is 9.87. The minimum Gasteiger partial charge on any atom is -0.496 e. The van der Waals surface area contributed by atoms with Gasteiger partial charge in [-0.2, -0.15) is 0 Å². The molecule has 5 N–H and O–H groups in total. The third-order valence-corrected chi connectivity index (χ3v) is 4.49. The number of guanidine groups is 1. The standard InChI is InChI=1S/C20H19N5O/c1-26-18-9-5-3-7-15(18)20(22)16(12-24-19(21)25-20)14-10-13-6-2-4-8-17(13)23-11-14/h2-12H,22H2,1H3,(H3,21,24,25). The molecule has 0 saturated heterocycles. The van der Waals surface area contributed by atoms with Crippen molar-refractivity contribution in [1.82, 2.24) is 10.3 Å². The summed E-state index contributed by atoms with van der Waals surface area (Å²) >= 11 is 0. The van der Waals surface area contributed by atoms with Crippen LogP contribution in [0.1, 0.15) is 11.1 Å². The number of rotatable bonds is 3. The Morgan fingerprint density at radius 3 is 2.69 bits per heavy atom. The van der Waals surface area contributed by atoms with Gasteiger partial charge in [0.25, 0.3) is 0 Å². The Hall–Kier alpha value is -3.38. The molecule has 0 amide bonds. The minimum atomic E-state index is -1.19. The predicted octanol–water partition coefficient (Wildman–Crippen LogP) is 2.31. The number of nitrogens with two attached hydrogens (primary N) is 2. The van der Waals surface area contributed by atoms with E-state index in [0.717, 1.165) is 27.6 Å². The second kappa shape index (κ2) is 6.16. The summed E-state index contributed by atoms with van der Waals surface area (Å²) in [6.07, 6.45) is 3.57. The number of nitrogens with one attached hydrogen (secondary N) is 1. The fraction of sp³-hybridized carbons (Fsp3) is 0.100. The molecule has 3 aromatic rings. The smallest absolute Gasteiger partial charge is 0.195 e. The number of para-hydroxylation sites is 2. The fourth-order valence-corrected chi connectivity index (χ4v) is 3.23. The maximum Gasteiger partial charge on any atom is 0.195 e. The van der Waals surface area contributed by atoms with Crippen LogP contribution in [0.25, 0.3) is 16.5 Å². The van der Waals surface area contributed by atoms with Crippen LogP contribution in [0.5, 0.6) is 5.75 Å². The SMILES string of the molecule is COc1ccccc1C1(N)N=C(N)NC=C1c1cnc2ccccc2c1. The zero-order valence-corrected chi connectivity index (χ0v) is 14.3. The van der Waals surface area contributed by atoms with E-state index < -0.39 is 5.66 Å². The van der Waals surface area contributed by atoms with E-state index in [4.69, 9.17) is 16.2 Å². The molecule has 1 aliphatic rings.